The second kappa shape index (κ2) is 5.65. The maximum atomic E-state index is 13.3. The van der Waals surface area contributed by atoms with Gasteiger partial charge in [-0.3, -0.25) is 0 Å². The normalized spacial score (nSPS) is 11.2. The van der Waals surface area contributed by atoms with Gasteiger partial charge in [0, 0.05) is 6.26 Å². The number of methoxy groups -OCH3 is 1. The fraction of sp³-hybridized carbons (Fsp3) is 0.133. The summed E-state index contributed by atoms with van der Waals surface area (Å²) in [6, 6.07) is 9.77. The summed E-state index contributed by atoms with van der Waals surface area (Å²) >= 11 is 0. The third-order valence-electron chi connectivity index (χ3n) is 2.96. The molecule has 0 aliphatic heterocycles. The van der Waals surface area contributed by atoms with Crippen LogP contribution in [0.15, 0.2) is 47.4 Å². The topological polar surface area (TPSA) is 60.4 Å². The Labute approximate surface area is 122 Å². The molecule has 0 atom stereocenters. The Hall–Kier alpha value is -2.21. The molecule has 0 saturated carbocycles. The summed E-state index contributed by atoms with van der Waals surface area (Å²) in [4.78, 5) is 11.9. The van der Waals surface area contributed by atoms with Crippen molar-refractivity contribution in [3.05, 3.63) is 53.8 Å². The molecule has 0 unspecified atom stereocenters. The standard InChI is InChI=1S/C15H13FO4S/c1-20-15(17)14-9-12(21(2,18)19)6-7-13(14)10-4-3-5-11(16)8-10/h3-9H,1-2H3. The molecule has 2 aromatic carbocycles. The van der Waals surface area contributed by atoms with Crippen molar-refractivity contribution in [3.8, 4) is 11.1 Å². The van der Waals surface area contributed by atoms with E-state index in [1.54, 1.807) is 6.07 Å². The fourth-order valence-corrected chi connectivity index (χ4v) is 2.59. The third kappa shape index (κ3) is 3.28. The summed E-state index contributed by atoms with van der Waals surface area (Å²) in [5.41, 5.74) is 0.954. The smallest absolute Gasteiger partial charge is 0.338 e. The predicted molar refractivity (Wildman–Crippen MR) is 76.3 cm³/mol. The first-order valence-electron chi connectivity index (χ1n) is 6.01. The van der Waals surface area contributed by atoms with Gasteiger partial charge in [-0.05, 0) is 35.4 Å². The van der Waals surface area contributed by atoms with Crippen molar-refractivity contribution in [1.29, 1.82) is 0 Å². The highest BCUT2D eigenvalue weighted by atomic mass is 32.2. The SMILES string of the molecule is COC(=O)c1cc(S(C)(=O)=O)ccc1-c1cccc(F)c1. The van der Waals surface area contributed by atoms with Crippen molar-refractivity contribution in [3.63, 3.8) is 0 Å². The van der Waals surface area contributed by atoms with E-state index in [2.05, 4.69) is 4.74 Å². The Morgan fingerprint density at radius 3 is 2.43 bits per heavy atom. The van der Waals surface area contributed by atoms with Gasteiger partial charge in [0.15, 0.2) is 9.84 Å². The van der Waals surface area contributed by atoms with Crippen molar-refractivity contribution in [2.45, 2.75) is 4.90 Å². The highest BCUT2D eigenvalue weighted by Gasteiger charge is 2.18. The summed E-state index contributed by atoms with van der Waals surface area (Å²) in [5, 5.41) is 0. The van der Waals surface area contributed by atoms with E-state index in [9.17, 15) is 17.6 Å². The summed E-state index contributed by atoms with van der Waals surface area (Å²) in [5.74, 6) is -1.13. The zero-order chi connectivity index (χ0) is 15.6. The van der Waals surface area contributed by atoms with Crippen LogP contribution >= 0.6 is 0 Å². The zero-order valence-corrected chi connectivity index (χ0v) is 12.3. The molecule has 0 heterocycles. The third-order valence-corrected chi connectivity index (χ3v) is 4.07. The van der Waals surface area contributed by atoms with Crippen LogP contribution in [0.4, 0.5) is 4.39 Å². The van der Waals surface area contributed by atoms with Crippen LogP contribution in [0.3, 0.4) is 0 Å². The Bertz CT molecular complexity index is 797. The molecule has 6 heteroatoms. The van der Waals surface area contributed by atoms with Crippen LogP contribution < -0.4 is 0 Å². The van der Waals surface area contributed by atoms with Gasteiger partial charge in [0.1, 0.15) is 5.82 Å². The number of esters is 1. The number of hydrogen-bond acceptors (Lipinski definition) is 4. The molecule has 0 saturated heterocycles. The van der Waals surface area contributed by atoms with Gasteiger partial charge in [-0.2, -0.15) is 0 Å². The van der Waals surface area contributed by atoms with Gasteiger partial charge >= 0.3 is 5.97 Å². The number of rotatable bonds is 3. The van der Waals surface area contributed by atoms with Crippen LogP contribution in [0.5, 0.6) is 0 Å². The lowest BCUT2D eigenvalue weighted by molar-refractivity contribution is 0.0601. The summed E-state index contributed by atoms with van der Waals surface area (Å²) in [6.45, 7) is 0. The van der Waals surface area contributed by atoms with Gasteiger partial charge in [0.25, 0.3) is 0 Å². The Morgan fingerprint density at radius 1 is 1.14 bits per heavy atom. The minimum Gasteiger partial charge on any atom is -0.465 e. The molecule has 4 nitrogen and oxygen atoms in total. The number of carbonyl (C=O) groups excluding carboxylic acids is 1. The average Bonchev–Trinajstić information content (AvgIpc) is 2.45. The van der Waals surface area contributed by atoms with E-state index in [-0.39, 0.29) is 10.5 Å². The van der Waals surface area contributed by atoms with Gasteiger partial charge in [0.05, 0.1) is 17.6 Å². The number of carbonyl (C=O) groups is 1. The monoisotopic (exact) mass is 308 g/mol. The van der Waals surface area contributed by atoms with Crippen molar-refractivity contribution in [1.82, 2.24) is 0 Å². The second-order valence-electron chi connectivity index (χ2n) is 4.48. The quantitative estimate of drug-likeness (QED) is 0.818. The fourth-order valence-electron chi connectivity index (χ4n) is 1.94. The maximum absolute atomic E-state index is 13.3. The molecule has 2 aromatic rings. The zero-order valence-electron chi connectivity index (χ0n) is 11.5. The van der Waals surface area contributed by atoms with E-state index in [1.165, 1.54) is 43.5 Å². The summed E-state index contributed by atoms with van der Waals surface area (Å²) in [6.07, 6.45) is 1.05. The molecule has 0 bridgehead atoms. The maximum Gasteiger partial charge on any atom is 0.338 e. The average molecular weight is 308 g/mol. The number of ether oxygens (including phenoxy) is 1. The molecular formula is C15H13FO4S. The molecule has 0 fully saturated rings. The molecule has 110 valence electrons. The van der Waals surface area contributed by atoms with Crippen LogP contribution in [-0.4, -0.2) is 27.8 Å². The minimum absolute atomic E-state index is 0.00283. The van der Waals surface area contributed by atoms with E-state index in [0.29, 0.717) is 11.1 Å². The number of benzene rings is 2. The molecule has 0 spiro atoms. The van der Waals surface area contributed by atoms with Crippen molar-refractivity contribution < 1.29 is 22.3 Å². The van der Waals surface area contributed by atoms with Crippen LogP contribution in [0.2, 0.25) is 0 Å². The summed E-state index contributed by atoms with van der Waals surface area (Å²) < 4.78 is 41.2. The summed E-state index contributed by atoms with van der Waals surface area (Å²) in [7, 11) is -2.26. The van der Waals surface area contributed by atoms with Gasteiger partial charge in [-0.15, -0.1) is 0 Å². The second-order valence-corrected chi connectivity index (χ2v) is 6.50. The molecule has 0 aromatic heterocycles. The molecule has 0 amide bonds. The lowest BCUT2D eigenvalue weighted by atomic mass is 10.00. The van der Waals surface area contributed by atoms with Gasteiger partial charge in [-0.25, -0.2) is 17.6 Å². The molecule has 0 aliphatic carbocycles. The lowest BCUT2D eigenvalue weighted by Crippen LogP contribution is -2.06. The molecule has 0 aliphatic rings. The molecule has 21 heavy (non-hydrogen) atoms. The van der Waals surface area contributed by atoms with E-state index in [4.69, 9.17) is 0 Å². The van der Waals surface area contributed by atoms with E-state index < -0.39 is 21.6 Å². The number of sulfone groups is 1. The highest BCUT2D eigenvalue weighted by molar-refractivity contribution is 7.90. The van der Waals surface area contributed by atoms with E-state index >= 15 is 0 Å². The van der Waals surface area contributed by atoms with Gasteiger partial charge in [0.2, 0.25) is 0 Å². The van der Waals surface area contributed by atoms with E-state index in [1.807, 2.05) is 0 Å². The number of hydrogen-bond donors (Lipinski definition) is 0. The predicted octanol–water partition coefficient (Wildman–Crippen LogP) is 2.68. The lowest BCUT2D eigenvalue weighted by Gasteiger charge is -2.10. The Balaban J connectivity index is 2.69. The number of halogens is 1. The van der Waals surface area contributed by atoms with Crippen LogP contribution in [0, 0.1) is 5.82 Å². The van der Waals surface area contributed by atoms with Crippen LogP contribution in [0.25, 0.3) is 11.1 Å². The Kier molecular flexibility index (Phi) is 4.09. The van der Waals surface area contributed by atoms with Gasteiger partial charge < -0.3 is 4.74 Å². The van der Waals surface area contributed by atoms with Crippen LogP contribution in [0.1, 0.15) is 10.4 Å². The molecule has 0 N–H and O–H groups in total. The molecular weight excluding hydrogens is 295 g/mol. The van der Waals surface area contributed by atoms with E-state index in [0.717, 1.165) is 6.26 Å². The van der Waals surface area contributed by atoms with Crippen molar-refractivity contribution >= 4 is 15.8 Å². The van der Waals surface area contributed by atoms with Crippen molar-refractivity contribution in [2.75, 3.05) is 13.4 Å². The van der Waals surface area contributed by atoms with Crippen molar-refractivity contribution in [2.24, 2.45) is 0 Å². The molecule has 0 radical (unpaired) electrons. The highest BCUT2D eigenvalue weighted by Crippen LogP contribution is 2.27. The minimum atomic E-state index is -3.46. The van der Waals surface area contributed by atoms with Crippen LogP contribution in [-0.2, 0) is 14.6 Å². The molecule has 2 rings (SSSR count). The first-order valence-corrected chi connectivity index (χ1v) is 7.90. The first kappa shape index (κ1) is 15.2. The first-order chi connectivity index (χ1) is 9.82. The van der Waals surface area contributed by atoms with Gasteiger partial charge in [-0.1, -0.05) is 18.2 Å². The Morgan fingerprint density at radius 2 is 1.86 bits per heavy atom. The largest absolute Gasteiger partial charge is 0.465 e.